The molecule has 28 heavy (non-hydrogen) atoms. The number of rotatable bonds is 7. The molecule has 0 N–H and O–H groups in total. The number of non-ortho nitro benzene ring substituents is 1. The molecule has 0 heterocycles. The molecule has 1 unspecified atom stereocenters. The van der Waals surface area contributed by atoms with E-state index in [1.807, 2.05) is 0 Å². The molecular formula is C18H17ClN2O7. The molecule has 148 valence electrons. The highest BCUT2D eigenvalue weighted by Gasteiger charge is 2.45. The first-order chi connectivity index (χ1) is 13.2. The van der Waals surface area contributed by atoms with E-state index in [1.54, 1.807) is 6.92 Å². The molecule has 0 aromatic heterocycles. The average molecular weight is 409 g/mol. The number of carbonyl (C=O) groups excluding carboxylic acids is 1. The molecule has 9 nitrogen and oxygen atoms in total. The SMILES string of the molecule is CCOc1ccc([N+](=O)[O-])c(C(C)(C(=O)OC)c2cc([N+](=O)[O-])ccc2Cl)c1. The van der Waals surface area contributed by atoms with Crippen molar-refractivity contribution in [1.29, 1.82) is 0 Å². The van der Waals surface area contributed by atoms with E-state index >= 15 is 0 Å². The number of halogens is 1. The van der Waals surface area contributed by atoms with Crippen molar-refractivity contribution in [2.24, 2.45) is 0 Å². The van der Waals surface area contributed by atoms with Crippen molar-refractivity contribution in [3.8, 4) is 5.75 Å². The lowest BCUT2D eigenvalue weighted by atomic mass is 9.75. The van der Waals surface area contributed by atoms with E-state index < -0.39 is 21.2 Å². The number of nitro groups is 2. The van der Waals surface area contributed by atoms with E-state index in [1.165, 1.54) is 37.3 Å². The number of ether oxygens (including phenoxy) is 2. The molecule has 1 atom stereocenters. The Morgan fingerprint density at radius 1 is 1.11 bits per heavy atom. The number of nitro benzene ring substituents is 2. The van der Waals surface area contributed by atoms with Crippen molar-refractivity contribution in [1.82, 2.24) is 0 Å². The van der Waals surface area contributed by atoms with Crippen LogP contribution in [0.4, 0.5) is 11.4 Å². The first-order valence-corrected chi connectivity index (χ1v) is 8.49. The third-order valence-electron chi connectivity index (χ3n) is 4.31. The van der Waals surface area contributed by atoms with Gasteiger partial charge in [-0.3, -0.25) is 25.0 Å². The number of nitrogens with zero attached hydrogens (tertiary/aromatic N) is 2. The normalized spacial score (nSPS) is 12.7. The van der Waals surface area contributed by atoms with E-state index in [0.717, 1.165) is 13.2 Å². The van der Waals surface area contributed by atoms with Gasteiger partial charge in [0.2, 0.25) is 0 Å². The highest BCUT2D eigenvalue weighted by atomic mass is 35.5. The van der Waals surface area contributed by atoms with Crippen LogP contribution >= 0.6 is 11.6 Å². The average Bonchev–Trinajstić information content (AvgIpc) is 2.66. The van der Waals surface area contributed by atoms with Gasteiger partial charge in [-0.2, -0.15) is 0 Å². The van der Waals surface area contributed by atoms with Crippen LogP contribution in [0.2, 0.25) is 5.02 Å². The molecule has 0 aliphatic heterocycles. The van der Waals surface area contributed by atoms with Gasteiger partial charge in [-0.25, -0.2) is 0 Å². The lowest BCUT2D eigenvalue weighted by Gasteiger charge is -2.28. The van der Waals surface area contributed by atoms with Gasteiger partial charge in [0, 0.05) is 23.2 Å². The Hall–Kier alpha value is -3.20. The second-order valence-electron chi connectivity index (χ2n) is 5.91. The Kier molecular flexibility index (Phi) is 6.19. The molecule has 0 radical (unpaired) electrons. The van der Waals surface area contributed by atoms with Crippen molar-refractivity contribution in [2.45, 2.75) is 19.3 Å². The Morgan fingerprint density at radius 3 is 2.32 bits per heavy atom. The third kappa shape index (κ3) is 3.74. The molecule has 10 heteroatoms. The third-order valence-corrected chi connectivity index (χ3v) is 4.64. The summed E-state index contributed by atoms with van der Waals surface area (Å²) in [6, 6.07) is 7.48. The summed E-state index contributed by atoms with van der Waals surface area (Å²) in [6.45, 7) is 3.39. The van der Waals surface area contributed by atoms with Gasteiger partial charge in [-0.05, 0) is 37.6 Å². The molecular weight excluding hydrogens is 392 g/mol. The molecule has 0 aliphatic carbocycles. The van der Waals surface area contributed by atoms with E-state index in [-0.39, 0.29) is 27.5 Å². The lowest BCUT2D eigenvalue weighted by molar-refractivity contribution is -0.386. The van der Waals surface area contributed by atoms with E-state index in [4.69, 9.17) is 21.1 Å². The Bertz CT molecular complexity index is 948. The van der Waals surface area contributed by atoms with Crippen molar-refractivity contribution < 1.29 is 24.1 Å². The van der Waals surface area contributed by atoms with Gasteiger partial charge in [0.15, 0.2) is 0 Å². The maximum Gasteiger partial charge on any atom is 0.320 e. The molecule has 0 saturated heterocycles. The summed E-state index contributed by atoms with van der Waals surface area (Å²) in [4.78, 5) is 34.3. The molecule has 0 aliphatic rings. The smallest absolute Gasteiger partial charge is 0.320 e. The van der Waals surface area contributed by atoms with Gasteiger partial charge in [0.1, 0.15) is 11.2 Å². The zero-order valence-electron chi connectivity index (χ0n) is 15.3. The van der Waals surface area contributed by atoms with Crippen molar-refractivity contribution in [3.63, 3.8) is 0 Å². The standard InChI is InChI=1S/C18H17ClN2O7/c1-4-28-12-6-8-16(21(25)26)14(10-12)18(2,17(22)27-3)13-9-11(20(23)24)5-7-15(13)19/h5-10H,4H2,1-3H3. The zero-order chi connectivity index (χ0) is 21.1. The van der Waals surface area contributed by atoms with Crippen LogP contribution in [0.15, 0.2) is 36.4 Å². The molecule has 0 amide bonds. The van der Waals surface area contributed by atoms with Crippen LogP contribution in [0.3, 0.4) is 0 Å². The number of hydrogen-bond acceptors (Lipinski definition) is 7. The summed E-state index contributed by atoms with van der Waals surface area (Å²) in [6.07, 6.45) is 0. The number of benzene rings is 2. The minimum absolute atomic E-state index is 0.00645. The summed E-state index contributed by atoms with van der Waals surface area (Å²) in [5, 5.41) is 22.8. The fourth-order valence-corrected chi connectivity index (χ4v) is 3.22. The Morgan fingerprint density at radius 2 is 1.79 bits per heavy atom. The summed E-state index contributed by atoms with van der Waals surface area (Å²) in [5.74, 6) is -0.577. The second-order valence-corrected chi connectivity index (χ2v) is 6.31. The molecule has 0 saturated carbocycles. The van der Waals surface area contributed by atoms with E-state index in [2.05, 4.69) is 0 Å². The first kappa shape index (κ1) is 21.1. The van der Waals surface area contributed by atoms with Crippen LogP contribution in [0.1, 0.15) is 25.0 Å². The van der Waals surface area contributed by atoms with Gasteiger partial charge in [-0.1, -0.05) is 11.6 Å². The molecule has 2 aromatic rings. The fourth-order valence-electron chi connectivity index (χ4n) is 2.91. The first-order valence-electron chi connectivity index (χ1n) is 8.11. The fraction of sp³-hybridized carbons (Fsp3) is 0.278. The van der Waals surface area contributed by atoms with Gasteiger partial charge in [0.25, 0.3) is 11.4 Å². The maximum atomic E-state index is 12.8. The quantitative estimate of drug-likeness (QED) is 0.385. The highest BCUT2D eigenvalue weighted by molar-refractivity contribution is 6.32. The van der Waals surface area contributed by atoms with Gasteiger partial charge >= 0.3 is 5.97 Å². The number of hydrogen-bond donors (Lipinski definition) is 0. The largest absolute Gasteiger partial charge is 0.494 e. The van der Waals surface area contributed by atoms with Crippen LogP contribution in [-0.2, 0) is 14.9 Å². The van der Waals surface area contributed by atoms with Crippen LogP contribution in [0.25, 0.3) is 0 Å². The van der Waals surface area contributed by atoms with Gasteiger partial charge < -0.3 is 9.47 Å². The van der Waals surface area contributed by atoms with Crippen LogP contribution in [0.5, 0.6) is 5.75 Å². The van der Waals surface area contributed by atoms with Gasteiger partial charge in [0.05, 0.1) is 29.1 Å². The van der Waals surface area contributed by atoms with Crippen molar-refractivity contribution in [2.75, 3.05) is 13.7 Å². The van der Waals surface area contributed by atoms with Crippen molar-refractivity contribution in [3.05, 3.63) is 72.8 Å². The predicted molar refractivity (Wildman–Crippen MR) is 101 cm³/mol. The molecule has 0 bridgehead atoms. The molecule has 0 fully saturated rings. The molecule has 2 aromatic carbocycles. The highest BCUT2D eigenvalue weighted by Crippen LogP contribution is 2.44. The number of methoxy groups -OCH3 is 1. The van der Waals surface area contributed by atoms with Crippen molar-refractivity contribution >= 4 is 28.9 Å². The van der Waals surface area contributed by atoms with Gasteiger partial charge in [-0.15, -0.1) is 0 Å². The lowest BCUT2D eigenvalue weighted by Crippen LogP contribution is -2.36. The minimum atomic E-state index is -1.80. The monoisotopic (exact) mass is 408 g/mol. The van der Waals surface area contributed by atoms with E-state index in [9.17, 15) is 25.0 Å². The topological polar surface area (TPSA) is 122 Å². The number of carbonyl (C=O) groups is 1. The zero-order valence-corrected chi connectivity index (χ0v) is 16.1. The molecule has 2 rings (SSSR count). The van der Waals surface area contributed by atoms with E-state index in [0.29, 0.717) is 12.4 Å². The Labute approximate surface area is 165 Å². The predicted octanol–water partition coefficient (Wildman–Crippen LogP) is 4.03. The summed E-state index contributed by atoms with van der Waals surface area (Å²) in [7, 11) is 1.12. The summed E-state index contributed by atoms with van der Waals surface area (Å²) < 4.78 is 10.3. The minimum Gasteiger partial charge on any atom is -0.494 e. The van der Waals surface area contributed by atoms with Crippen LogP contribution in [0, 0.1) is 20.2 Å². The van der Waals surface area contributed by atoms with Crippen LogP contribution in [-0.4, -0.2) is 29.5 Å². The maximum absolute atomic E-state index is 12.8. The number of esters is 1. The van der Waals surface area contributed by atoms with Crippen LogP contribution < -0.4 is 4.74 Å². The summed E-state index contributed by atoms with van der Waals surface area (Å²) >= 11 is 6.24. The second kappa shape index (κ2) is 8.22. The Balaban J connectivity index is 2.90. The molecule has 0 spiro atoms. The summed E-state index contributed by atoms with van der Waals surface area (Å²) in [5.41, 5.74) is -2.55.